The molecule has 4 rings (SSSR count). The second-order valence-corrected chi connectivity index (χ2v) is 6.81. The minimum Gasteiger partial charge on any atom is -0.352 e. The van der Waals surface area contributed by atoms with Crippen LogP contribution in [-0.4, -0.2) is 29.0 Å². The van der Waals surface area contributed by atoms with Crippen LogP contribution in [0.1, 0.15) is 30.1 Å². The molecule has 1 aliphatic heterocycles. The van der Waals surface area contributed by atoms with Crippen molar-refractivity contribution < 1.29 is 4.79 Å². The number of hydrogen-bond acceptors (Lipinski definition) is 5. The first-order valence-electron chi connectivity index (χ1n) is 9.46. The Morgan fingerprint density at radius 3 is 2.54 bits per heavy atom. The fourth-order valence-electron chi connectivity index (χ4n) is 3.48. The highest BCUT2D eigenvalue weighted by molar-refractivity contribution is 5.87. The van der Waals surface area contributed by atoms with Crippen molar-refractivity contribution in [2.75, 3.05) is 23.3 Å². The van der Waals surface area contributed by atoms with E-state index < -0.39 is 6.04 Å². The maximum atomic E-state index is 12.6. The molecule has 142 valence electrons. The Morgan fingerprint density at radius 2 is 1.79 bits per heavy atom. The monoisotopic (exact) mass is 373 g/mol. The zero-order valence-electron chi connectivity index (χ0n) is 15.7. The molecule has 2 unspecified atom stereocenters. The van der Waals surface area contributed by atoms with Gasteiger partial charge in [0.05, 0.1) is 6.04 Å². The molecule has 1 amide bonds. The van der Waals surface area contributed by atoms with Gasteiger partial charge in [-0.2, -0.15) is 4.98 Å². The predicted octanol–water partition coefficient (Wildman–Crippen LogP) is 3.33. The number of rotatable bonds is 5. The summed E-state index contributed by atoms with van der Waals surface area (Å²) in [4.78, 5) is 23.7. The molecule has 2 atom stereocenters. The zero-order chi connectivity index (χ0) is 19.3. The van der Waals surface area contributed by atoms with E-state index in [9.17, 15) is 4.79 Å². The normalized spacial score (nSPS) is 17.7. The maximum absolute atomic E-state index is 12.6. The van der Waals surface area contributed by atoms with Gasteiger partial charge in [0.25, 0.3) is 0 Å². The Labute approximate surface area is 164 Å². The molecule has 6 nitrogen and oxygen atoms in total. The second kappa shape index (κ2) is 8.08. The van der Waals surface area contributed by atoms with E-state index in [1.54, 1.807) is 6.20 Å². The summed E-state index contributed by atoms with van der Waals surface area (Å²) in [6, 6.07) is 21.5. The summed E-state index contributed by atoms with van der Waals surface area (Å²) in [7, 11) is 0. The van der Waals surface area contributed by atoms with Crippen molar-refractivity contribution in [1.82, 2.24) is 15.3 Å². The molecule has 0 spiro atoms. The highest BCUT2D eigenvalue weighted by Gasteiger charge is 2.32. The smallest absolute Gasteiger partial charge is 0.247 e. The number of amides is 1. The van der Waals surface area contributed by atoms with Crippen LogP contribution in [0.3, 0.4) is 0 Å². The van der Waals surface area contributed by atoms with Gasteiger partial charge < -0.3 is 15.5 Å². The van der Waals surface area contributed by atoms with Crippen molar-refractivity contribution in [2.24, 2.45) is 0 Å². The summed E-state index contributed by atoms with van der Waals surface area (Å²) in [6.45, 7) is 3.36. The molecule has 0 aliphatic carbocycles. The van der Waals surface area contributed by atoms with Crippen molar-refractivity contribution in [2.45, 2.75) is 19.0 Å². The van der Waals surface area contributed by atoms with Gasteiger partial charge in [0.15, 0.2) is 0 Å². The van der Waals surface area contributed by atoms with Crippen LogP contribution < -0.4 is 15.5 Å². The van der Waals surface area contributed by atoms with Gasteiger partial charge in [0, 0.05) is 19.3 Å². The van der Waals surface area contributed by atoms with Gasteiger partial charge in [0.1, 0.15) is 11.9 Å². The second-order valence-electron chi connectivity index (χ2n) is 6.81. The van der Waals surface area contributed by atoms with Crippen LogP contribution in [0.15, 0.2) is 72.9 Å². The van der Waals surface area contributed by atoms with Crippen molar-refractivity contribution in [1.29, 1.82) is 0 Å². The van der Waals surface area contributed by atoms with Crippen LogP contribution in [0, 0.1) is 0 Å². The number of nitrogens with one attached hydrogen (secondary N) is 2. The lowest BCUT2D eigenvalue weighted by Crippen LogP contribution is -2.50. The number of aromatic nitrogens is 2. The van der Waals surface area contributed by atoms with Gasteiger partial charge in [0.2, 0.25) is 11.9 Å². The lowest BCUT2D eigenvalue weighted by Gasteiger charge is -2.36. The van der Waals surface area contributed by atoms with E-state index in [0.717, 1.165) is 16.9 Å². The Morgan fingerprint density at radius 1 is 1.07 bits per heavy atom. The number of nitrogens with zero attached hydrogens (tertiary/aromatic N) is 3. The fourth-order valence-corrected chi connectivity index (χ4v) is 3.48. The van der Waals surface area contributed by atoms with Crippen LogP contribution in [0.2, 0.25) is 0 Å². The summed E-state index contributed by atoms with van der Waals surface area (Å²) < 4.78 is 0. The molecular weight excluding hydrogens is 350 g/mol. The van der Waals surface area contributed by atoms with E-state index in [1.165, 1.54) is 0 Å². The molecular formula is C22H23N5O. The molecule has 3 aromatic rings. The van der Waals surface area contributed by atoms with E-state index in [-0.39, 0.29) is 11.9 Å². The molecule has 1 aliphatic rings. The summed E-state index contributed by atoms with van der Waals surface area (Å²) in [5.41, 5.74) is 2.11. The predicted molar refractivity (Wildman–Crippen MR) is 110 cm³/mol. The SMILES string of the molecule is CC(Nc1nccc(N2CCNC(=O)C2c2ccccc2)n1)c1ccccc1. The minimum atomic E-state index is -0.399. The Kier molecular flexibility index (Phi) is 5.19. The molecule has 1 aromatic heterocycles. The third kappa shape index (κ3) is 3.81. The molecule has 0 saturated carbocycles. The average molecular weight is 373 g/mol. The molecule has 2 N–H and O–H groups in total. The van der Waals surface area contributed by atoms with Gasteiger partial charge in [-0.3, -0.25) is 4.79 Å². The molecule has 2 heterocycles. The number of hydrogen-bond donors (Lipinski definition) is 2. The van der Waals surface area contributed by atoms with Crippen molar-refractivity contribution in [3.8, 4) is 0 Å². The van der Waals surface area contributed by atoms with Crippen LogP contribution in [0.5, 0.6) is 0 Å². The summed E-state index contributed by atoms with van der Waals surface area (Å²) in [6.07, 6.45) is 1.73. The maximum Gasteiger partial charge on any atom is 0.247 e. The summed E-state index contributed by atoms with van der Waals surface area (Å²) in [5, 5.41) is 6.31. The minimum absolute atomic E-state index is 0.0109. The van der Waals surface area contributed by atoms with Gasteiger partial charge >= 0.3 is 0 Å². The lowest BCUT2D eigenvalue weighted by molar-refractivity contribution is -0.123. The molecule has 2 aromatic carbocycles. The lowest BCUT2D eigenvalue weighted by atomic mass is 10.0. The first-order chi connectivity index (χ1) is 13.7. The van der Waals surface area contributed by atoms with E-state index in [2.05, 4.69) is 34.7 Å². The third-order valence-electron chi connectivity index (χ3n) is 4.91. The number of anilines is 2. The standard InChI is InChI=1S/C22H23N5O/c1-16(17-8-4-2-5-9-17)25-22-24-13-12-19(26-22)27-15-14-23-21(28)20(27)18-10-6-3-7-11-18/h2-13,16,20H,14-15H2,1H3,(H,23,28)(H,24,25,26). The van der Waals surface area contributed by atoms with E-state index in [0.29, 0.717) is 19.0 Å². The topological polar surface area (TPSA) is 70.2 Å². The molecule has 0 radical (unpaired) electrons. The molecule has 1 fully saturated rings. The van der Waals surface area contributed by atoms with Gasteiger partial charge in [-0.25, -0.2) is 4.98 Å². The third-order valence-corrected chi connectivity index (χ3v) is 4.91. The summed E-state index contributed by atoms with van der Waals surface area (Å²) in [5.74, 6) is 1.27. The summed E-state index contributed by atoms with van der Waals surface area (Å²) >= 11 is 0. The Hall–Kier alpha value is -3.41. The first-order valence-corrected chi connectivity index (χ1v) is 9.46. The number of benzene rings is 2. The van der Waals surface area contributed by atoms with E-state index >= 15 is 0 Å². The number of carbonyl (C=O) groups excluding carboxylic acids is 1. The van der Waals surface area contributed by atoms with Crippen molar-refractivity contribution in [3.63, 3.8) is 0 Å². The number of carbonyl (C=O) groups is 1. The van der Waals surface area contributed by atoms with Crippen LogP contribution in [0.25, 0.3) is 0 Å². The van der Waals surface area contributed by atoms with Crippen molar-refractivity contribution >= 4 is 17.7 Å². The van der Waals surface area contributed by atoms with Crippen LogP contribution >= 0.6 is 0 Å². The van der Waals surface area contributed by atoms with E-state index in [1.807, 2.05) is 59.5 Å². The highest BCUT2D eigenvalue weighted by Crippen LogP contribution is 2.28. The quantitative estimate of drug-likeness (QED) is 0.718. The largest absolute Gasteiger partial charge is 0.352 e. The molecule has 28 heavy (non-hydrogen) atoms. The first kappa shape index (κ1) is 18.0. The Balaban J connectivity index is 1.59. The van der Waals surface area contributed by atoms with Crippen molar-refractivity contribution in [3.05, 3.63) is 84.1 Å². The Bertz CT molecular complexity index is 932. The van der Waals surface area contributed by atoms with E-state index in [4.69, 9.17) is 4.98 Å². The highest BCUT2D eigenvalue weighted by atomic mass is 16.2. The fraction of sp³-hybridized carbons (Fsp3) is 0.227. The van der Waals surface area contributed by atoms with Crippen LogP contribution in [-0.2, 0) is 4.79 Å². The van der Waals surface area contributed by atoms with Crippen LogP contribution in [0.4, 0.5) is 11.8 Å². The molecule has 6 heteroatoms. The average Bonchev–Trinajstić information content (AvgIpc) is 2.75. The zero-order valence-corrected chi connectivity index (χ0v) is 15.7. The molecule has 0 bridgehead atoms. The number of piperazine rings is 1. The van der Waals surface area contributed by atoms with Gasteiger partial charge in [-0.15, -0.1) is 0 Å². The molecule has 1 saturated heterocycles. The van der Waals surface area contributed by atoms with Gasteiger partial charge in [-0.1, -0.05) is 60.7 Å². The van der Waals surface area contributed by atoms with Gasteiger partial charge in [-0.05, 0) is 24.1 Å².